The zero-order valence-corrected chi connectivity index (χ0v) is 11.0. The number of aliphatic carboxylic acids is 1. The zero-order valence-electron chi connectivity index (χ0n) is 11.0. The van der Waals surface area contributed by atoms with E-state index in [0.29, 0.717) is 13.1 Å². The van der Waals surface area contributed by atoms with Crippen LogP contribution in [0.3, 0.4) is 0 Å². The van der Waals surface area contributed by atoms with Crippen LogP contribution in [0.4, 0.5) is 4.79 Å². The summed E-state index contributed by atoms with van der Waals surface area (Å²) in [7, 11) is 0. The first-order chi connectivity index (χ1) is 8.12. The molecule has 7 nitrogen and oxygen atoms in total. The Hall–Kier alpha value is -1.63. The van der Waals surface area contributed by atoms with Crippen molar-refractivity contribution in [3.05, 3.63) is 0 Å². The molecule has 4 N–H and O–H groups in total. The third kappa shape index (κ3) is 7.61. The highest BCUT2D eigenvalue weighted by Gasteiger charge is 2.22. The van der Waals surface area contributed by atoms with E-state index in [9.17, 15) is 14.4 Å². The van der Waals surface area contributed by atoms with Crippen molar-refractivity contribution in [3.63, 3.8) is 0 Å². The predicted molar refractivity (Wildman–Crippen MR) is 65.9 cm³/mol. The second-order valence-electron chi connectivity index (χ2n) is 4.96. The van der Waals surface area contributed by atoms with E-state index in [1.807, 2.05) is 31.0 Å². The maximum Gasteiger partial charge on any atom is 0.318 e. The Kier molecular flexibility index (Phi) is 6.32. The summed E-state index contributed by atoms with van der Waals surface area (Å²) in [5.41, 5.74) is 4.57. The van der Waals surface area contributed by atoms with Crippen LogP contribution in [0.25, 0.3) is 0 Å². The van der Waals surface area contributed by atoms with Crippen LogP contribution in [-0.4, -0.2) is 46.5 Å². The third-order valence-corrected chi connectivity index (χ3v) is 2.42. The summed E-state index contributed by atoms with van der Waals surface area (Å²) in [6, 6.07) is -0.882. The number of imide groups is 1. The molecule has 3 amide bonds. The Morgan fingerprint density at radius 1 is 1.17 bits per heavy atom. The number of urea groups is 1. The van der Waals surface area contributed by atoms with E-state index in [-0.39, 0.29) is 18.4 Å². The monoisotopic (exact) mass is 259 g/mol. The summed E-state index contributed by atoms with van der Waals surface area (Å²) in [6.45, 7) is 6.51. The molecule has 0 spiro atoms. The predicted octanol–water partition coefficient (Wildman–Crippen LogP) is 0.147. The number of carboxylic acid groups (broad SMARTS) is 1. The van der Waals surface area contributed by atoms with Gasteiger partial charge in [0, 0.05) is 25.0 Å². The van der Waals surface area contributed by atoms with E-state index < -0.39 is 17.9 Å². The lowest BCUT2D eigenvalue weighted by atomic mass is 10.1. The second-order valence-corrected chi connectivity index (χ2v) is 4.96. The number of nitrogens with two attached hydrogens (primary N) is 1. The van der Waals surface area contributed by atoms with Crippen LogP contribution in [0.1, 0.15) is 33.6 Å². The van der Waals surface area contributed by atoms with Gasteiger partial charge >= 0.3 is 12.0 Å². The molecule has 0 heterocycles. The molecule has 18 heavy (non-hydrogen) atoms. The van der Waals surface area contributed by atoms with Crippen molar-refractivity contribution in [2.75, 3.05) is 13.1 Å². The highest BCUT2D eigenvalue weighted by Crippen LogP contribution is 2.14. The van der Waals surface area contributed by atoms with Gasteiger partial charge in [-0.25, -0.2) is 4.79 Å². The van der Waals surface area contributed by atoms with Crippen LogP contribution in [0.15, 0.2) is 0 Å². The van der Waals surface area contributed by atoms with E-state index in [4.69, 9.17) is 10.8 Å². The Labute approximate surface area is 106 Å². The summed E-state index contributed by atoms with van der Waals surface area (Å²) < 4.78 is 0. The van der Waals surface area contributed by atoms with Gasteiger partial charge < -0.3 is 10.8 Å². The minimum absolute atomic E-state index is 0.00864. The van der Waals surface area contributed by atoms with Crippen LogP contribution in [0.5, 0.6) is 0 Å². The molecular weight excluding hydrogens is 238 g/mol. The number of carbonyl (C=O) groups is 3. The normalized spacial score (nSPS) is 11.3. The van der Waals surface area contributed by atoms with Gasteiger partial charge in [-0.3, -0.25) is 19.8 Å². The van der Waals surface area contributed by atoms with Crippen LogP contribution in [0.2, 0.25) is 0 Å². The van der Waals surface area contributed by atoms with Crippen LogP contribution in [-0.2, 0) is 9.59 Å². The fourth-order valence-electron chi connectivity index (χ4n) is 1.45. The molecule has 0 saturated heterocycles. The second kappa shape index (κ2) is 6.95. The molecule has 104 valence electrons. The highest BCUT2D eigenvalue weighted by molar-refractivity contribution is 5.93. The van der Waals surface area contributed by atoms with Gasteiger partial charge in [0.25, 0.3) is 0 Å². The van der Waals surface area contributed by atoms with Crippen molar-refractivity contribution in [1.82, 2.24) is 10.2 Å². The maximum atomic E-state index is 11.3. The average molecular weight is 259 g/mol. The molecule has 0 aromatic heterocycles. The van der Waals surface area contributed by atoms with Crippen molar-refractivity contribution in [2.24, 2.45) is 5.73 Å². The van der Waals surface area contributed by atoms with Crippen LogP contribution >= 0.6 is 0 Å². The topological polar surface area (TPSA) is 113 Å². The van der Waals surface area contributed by atoms with Crippen molar-refractivity contribution >= 4 is 17.9 Å². The summed E-state index contributed by atoms with van der Waals surface area (Å²) in [5, 5.41) is 10.6. The number of carbonyl (C=O) groups excluding carboxylic acids is 2. The Balaban J connectivity index is 4.29. The quantitative estimate of drug-likeness (QED) is 0.628. The highest BCUT2D eigenvalue weighted by atomic mass is 16.4. The lowest BCUT2D eigenvalue weighted by Gasteiger charge is -2.35. The van der Waals surface area contributed by atoms with Crippen molar-refractivity contribution in [1.29, 1.82) is 0 Å². The third-order valence-electron chi connectivity index (χ3n) is 2.42. The lowest BCUT2D eigenvalue weighted by Crippen LogP contribution is -2.45. The maximum absolute atomic E-state index is 11.3. The first-order valence-electron chi connectivity index (χ1n) is 5.69. The van der Waals surface area contributed by atoms with Gasteiger partial charge in [-0.05, 0) is 20.8 Å². The molecule has 0 aliphatic heterocycles. The number of carboxylic acids is 1. The summed E-state index contributed by atoms with van der Waals surface area (Å²) in [5.74, 6) is -1.35. The Morgan fingerprint density at radius 3 is 2.06 bits per heavy atom. The molecule has 0 rings (SSSR count). The zero-order chi connectivity index (χ0) is 14.3. The molecule has 0 aromatic rings. The minimum Gasteiger partial charge on any atom is -0.481 e. The molecule has 0 aliphatic rings. The van der Waals surface area contributed by atoms with E-state index in [2.05, 4.69) is 0 Å². The van der Waals surface area contributed by atoms with Gasteiger partial charge in [-0.1, -0.05) is 0 Å². The number of nitrogens with one attached hydrogen (secondary N) is 1. The van der Waals surface area contributed by atoms with Crippen LogP contribution in [0, 0.1) is 0 Å². The Morgan fingerprint density at radius 2 is 1.67 bits per heavy atom. The number of hydrogen-bond acceptors (Lipinski definition) is 4. The molecule has 0 aromatic carbocycles. The molecule has 0 saturated carbocycles. The first kappa shape index (κ1) is 16.4. The number of nitrogens with zero attached hydrogens (tertiary/aromatic N) is 1. The standard InChI is InChI=1S/C11H21N3O4/c1-11(2,3)14(7-5-9(16)17)6-4-8(15)13-10(12)18/h4-7H2,1-3H3,(H,16,17)(H3,12,13,15,18). The van der Waals surface area contributed by atoms with Gasteiger partial charge in [-0.2, -0.15) is 0 Å². The molecule has 7 heteroatoms. The van der Waals surface area contributed by atoms with Gasteiger partial charge in [-0.15, -0.1) is 0 Å². The van der Waals surface area contributed by atoms with Crippen molar-refractivity contribution in [2.45, 2.75) is 39.2 Å². The smallest absolute Gasteiger partial charge is 0.318 e. The fraction of sp³-hybridized carbons (Fsp3) is 0.727. The molecule has 0 unspecified atom stereocenters. The van der Waals surface area contributed by atoms with E-state index in [0.717, 1.165) is 0 Å². The summed E-state index contributed by atoms with van der Waals surface area (Å²) in [6.07, 6.45) is 0.106. The van der Waals surface area contributed by atoms with Gasteiger partial charge in [0.15, 0.2) is 0 Å². The molecule has 0 atom stereocenters. The lowest BCUT2D eigenvalue weighted by molar-refractivity contribution is -0.137. The summed E-state index contributed by atoms with van der Waals surface area (Å²) >= 11 is 0. The van der Waals surface area contributed by atoms with Crippen molar-refractivity contribution in [3.8, 4) is 0 Å². The average Bonchev–Trinajstić information content (AvgIpc) is 2.13. The molecule has 0 aliphatic carbocycles. The number of rotatable bonds is 6. The SMILES string of the molecule is CC(C)(C)N(CCC(=O)O)CCC(=O)NC(N)=O. The van der Waals surface area contributed by atoms with Gasteiger partial charge in [0.1, 0.15) is 0 Å². The Bertz CT molecular complexity index is 323. The molecule has 0 bridgehead atoms. The minimum atomic E-state index is -0.883. The first-order valence-corrected chi connectivity index (χ1v) is 5.69. The van der Waals surface area contributed by atoms with E-state index >= 15 is 0 Å². The van der Waals surface area contributed by atoms with Gasteiger partial charge in [0.2, 0.25) is 5.91 Å². The number of hydrogen-bond donors (Lipinski definition) is 3. The van der Waals surface area contributed by atoms with Crippen LogP contribution < -0.4 is 11.1 Å². The molecule has 0 radical (unpaired) electrons. The number of primary amides is 1. The van der Waals surface area contributed by atoms with E-state index in [1.165, 1.54) is 0 Å². The molecule has 0 fully saturated rings. The van der Waals surface area contributed by atoms with Gasteiger partial charge in [0.05, 0.1) is 6.42 Å². The van der Waals surface area contributed by atoms with E-state index in [1.54, 1.807) is 0 Å². The summed E-state index contributed by atoms with van der Waals surface area (Å²) in [4.78, 5) is 34.2. The fourth-order valence-corrected chi connectivity index (χ4v) is 1.45. The van der Waals surface area contributed by atoms with Crippen molar-refractivity contribution < 1.29 is 19.5 Å². The number of amides is 3. The largest absolute Gasteiger partial charge is 0.481 e. The molecular formula is C11H21N3O4.